The minimum atomic E-state index is -2.01. The third kappa shape index (κ3) is 5.58. The summed E-state index contributed by atoms with van der Waals surface area (Å²) < 4.78 is 0. The Labute approximate surface area is 255 Å². The molecule has 0 aliphatic carbocycles. The van der Waals surface area contributed by atoms with Gasteiger partial charge in [0.2, 0.25) is 0 Å². The topological polar surface area (TPSA) is 0 Å². The highest BCUT2D eigenvalue weighted by Crippen LogP contribution is 2.58. The summed E-state index contributed by atoms with van der Waals surface area (Å²) >= 11 is 0. The maximum atomic E-state index is 2.35. The zero-order valence-corrected chi connectivity index (χ0v) is 25.5. The molecule has 0 aliphatic rings. The zero-order chi connectivity index (χ0) is 27.1. The maximum absolute atomic E-state index is 2.35. The summed E-state index contributed by atoms with van der Waals surface area (Å²) in [5.74, 6) is 0. The first-order valence-electron chi connectivity index (χ1n) is 14.1. The summed E-state index contributed by atoms with van der Waals surface area (Å²) in [6.07, 6.45) is 2.00. The van der Waals surface area contributed by atoms with Gasteiger partial charge in [-0.2, -0.15) is 0 Å². The lowest BCUT2D eigenvalue weighted by Gasteiger charge is -2.38. The van der Waals surface area contributed by atoms with E-state index in [0.29, 0.717) is 0 Å². The molecule has 0 unspecified atom stereocenters. The van der Waals surface area contributed by atoms with Crippen molar-refractivity contribution in [3.05, 3.63) is 199 Å². The smallest absolute Gasteiger partial charge is 0.112 e. The van der Waals surface area contributed by atoms with Gasteiger partial charge in [-0.1, -0.05) is 146 Å². The Morgan fingerprint density at radius 3 is 0.854 bits per heavy atom. The molecule has 2 heteroatoms. The molecule has 0 N–H and O–H groups in total. The molecular weight excluding hydrogens is 579 g/mol. The Morgan fingerprint density at radius 1 is 0.341 bits per heavy atom. The predicted octanol–water partition coefficient (Wildman–Crippen LogP) is 5.41. The first kappa shape index (κ1) is 28.7. The molecule has 0 heterocycles. The number of rotatable bonds is 9. The number of hydrogen-bond donors (Lipinski definition) is 0. The molecule has 0 fully saturated rings. The fourth-order valence-electron chi connectivity index (χ4n) is 6.32. The van der Waals surface area contributed by atoms with E-state index in [-0.39, 0.29) is 22.4 Å². The number of benzene rings is 6. The lowest BCUT2D eigenvalue weighted by atomic mass is 9.68. The van der Waals surface area contributed by atoms with Crippen molar-refractivity contribution >= 4 is 23.2 Å². The van der Waals surface area contributed by atoms with Crippen LogP contribution in [0.25, 0.3) is 0 Å². The molecule has 0 radical (unpaired) electrons. The van der Waals surface area contributed by atoms with Gasteiger partial charge in [0.05, 0.1) is 6.16 Å². The van der Waals surface area contributed by atoms with Crippen LogP contribution in [0.2, 0.25) is 0 Å². The van der Waals surface area contributed by atoms with Crippen molar-refractivity contribution in [3.8, 4) is 0 Å². The van der Waals surface area contributed by atoms with E-state index in [9.17, 15) is 0 Å². The fourth-order valence-corrected chi connectivity index (χ4v) is 10.7. The standard InChI is InChI=1S/C39H34P.BrH/c1-7-19-33(20-8-1)39(34-21-9-2-10-22-34,35-23-11-3-12-24-35)31-32-40(36-25-13-4-14-26-36,37-27-15-5-16-28-37)38-29-17-6-18-30-38;/h1-30H,31-32H2;1H/q+1;/p-1. The molecule has 0 aromatic heterocycles. The highest BCUT2D eigenvalue weighted by molar-refractivity contribution is 7.95. The molecule has 6 aromatic rings. The summed E-state index contributed by atoms with van der Waals surface area (Å²) in [6, 6.07) is 67.1. The molecule has 202 valence electrons. The van der Waals surface area contributed by atoms with Crippen LogP contribution in [0.5, 0.6) is 0 Å². The van der Waals surface area contributed by atoms with Crippen molar-refractivity contribution in [3.63, 3.8) is 0 Å². The number of hydrogen-bond acceptors (Lipinski definition) is 0. The largest absolute Gasteiger partial charge is 1.00 e. The molecule has 0 nitrogen and oxygen atoms in total. The highest BCUT2D eigenvalue weighted by atomic mass is 79.9. The average molecular weight is 614 g/mol. The molecule has 0 bridgehead atoms. The quantitative estimate of drug-likeness (QED) is 0.151. The van der Waals surface area contributed by atoms with E-state index in [4.69, 9.17) is 0 Å². The van der Waals surface area contributed by atoms with Gasteiger partial charge in [0.25, 0.3) is 0 Å². The van der Waals surface area contributed by atoms with Crippen molar-refractivity contribution in [1.82, 2.24) is 0 Å². The van der Waals surface area contributed by atoms with Crippen LogP contribution in [0, 0.1) is 0 Å². The summed E-state index contributed by atoms with van der Waals surface area (Å²) in [7, 11) is -2.01. The predicted molar refractivity (Wildman–Crippen MR) is 174 cm³/mol. The van der Waals surface area contributed by atoms with Gasteiger partial charge in [-0.3, -0.25) is 0 Å². The van der Waals surface area contributed by atoms with Crippen LogP contribution in [0.3, 0.4) is 0 Å². The monoisotopic (exact) mass is 612 g/mol. The Balaban J connectivity index is 0.00000337. The molecule has 0 saturated heterocycles. The Kier molecular flexibility index (Phi) is 9.30. The van der Waals surface area contributed by atoms with Crippen LogP contribution in [-0.2, 0) is 5.41 Å². The van der Waals surface area contributed by atoms with E-state index in [1.807, 2.05) is 0 Å². The van der Waals surface area contributed by atoms with Crippen LogP contribution in [0.4, 0.5) is 0 Å². The molecule has 0 spiro atoms. The molecule has 0 saturated carbocycles. The second kappa shape index (κ2) is 13.3. The van der Waals surface area contributed by atoms with E-state index in [1.165, 1.54) is 32.6 Å². The van der Waals surface area contributed by atoms with Crippen LogP contribution in [-0.4, -0.2) is 6.16 Å². The number of halogens is 1. The molecule has 6 rings (SSSR count). The second-order valence-electron chi connectivity index (χ2n) is 10.3. The normalized spacial score (nSPS) is 11.4. The van der Waals surface area contributed by atoms with Gasteiger partial charge < -0.3 is 17.0 Å². The third-order valence-electron chi connectivity index (χ3n) is 8.21. The summed E-state index contributed by atoms with van der Waals surface area (Å²) in [5.41, 5.74) is 3.70. The molecule has 0 atom stereocenters. The van der Waals surface area contributed by atoms with Crippen LogP contribution < -0.4 is 32.9 Å². The van der Waals surface area contributed by atoms with Gasteiger partial charge in [0, 0.05) is 5.41 Å². The average Bonchev–Trinajstić information content (AvgIpc) is 3.06. The van der Waals surface area contributed by atoms with E-state index in [0.717, 1.165) is 12.6 Å². The Morgan fingerprint density at radius 2 is 0.585 bits per heavy atom. The summed E-state index contributed by atoms with van der Waals surface area (Å²) in [5, 5.41) is 4.28. The zero-order valence-electron chi connectivity index (χ0n) is 23.1. The second-order valence-corrected chi connectivity index (χ2v) is 13.9. The van der Waals surface area contributed by atoms with E-state index in [2.05, 4.69) is 182 Å². The van der Waals surface area contributed by atoms with E-state index in [1.54, 1.807) is 0 Å². The molecule has 41 heavy (non-hydrogen) atoms. The maximum Gasteiger partial charge on any atom is 0.112 e. The highest BCUT2D eigenvalue weighted by Gasteiger charge is 2.48. The van der Waals surface area contributed by atoms with E-state index >= 15 is 0 Å². The van der Waals surface area contributed by atoms with Crippen LogP contribution in [0.1, 0.15) is 23.1 Å². The van der Waals surface area contributed by atoms with E-state index < -0.39 is 7.26 Å². The van der Waals surface area contributed by atoms with Crippen molar-refractivity contribution in [2.45, 2.75) is 11.8 Å². The molecule has 0 amide bonds. The summed E-state index contributed by atoms with van der Waals surface area (Å²) in [4.78, 5) is 0. The van der Waals surface area contributed by atoms with Crippen LogP contribution in [0.15, 0.2) is 182 Å². The van der Waals surface area contributed by atoms with Gasteiger partial charge in [-0.05, 0) is 59.5 Å². The molecular formula is C39H34BrP. The Bertz CT molecular complexity index is 1280. The SMILES string of the molecule is [Br-].c1ccc(C(CC[P+](c2ccccc2)(c2ccccc2)c2ccccc2)(c2ccccc2)c2ccccc2)cc1. The molecule has 6 aromatic carbocycles. The van der Waals surface area contributed by atoms with Crippen molar-refractivity contribution in [2.75, 3.05) is 6.16 Å². The van der Waals surface area contributed by atoms with Gasteiger partial charge in [0.15, 0.2) is 0 Å². The Hall–Kier alpha value is -3.77. The van der Waals surface area contributed by atoms with Crippen molar-refractivity contribution < 1.29 is 17.0 Å². The minimum absolute atomic E-state index is 0. The van der Waals surface area contributed by atoms with Gasteiger partial charge in [-0.15, -0.1) is 0 Å². The van der Waals surface area contributed by atoms with Gasteiger partial charge >= 0.3 is 0 Å². The van der Waals surface area contributed by atoms with Crippen molar-refractivity contribution in [2.24, 2.45) is 0 Å². The fraction of sp³-hybridized carbons (Fsp3) is 0.0769. The first-order chi connectivity index (χ1) is 19.8. The minimum Gasteiger partial charge on any atom is -1.00 e. The molecule has 0 aliphatic heterocycles. The third-order valence-corrected chi connectivity index (χ3v) is 12.6. The van der Waals surface area contributed by atoms with Gasteiger partial charge in [-0.25, -0.2) is 0 Å². The summed E-state index contributed by atoms with van der Waals surface area (Å²) in [6.45, 7) is 0. The first-order valence-corrected chi connectivity index (χ1v) is 16.0. The van der Waals surface area contributed by atoms with Gasteiger partial charge in [0.1, 0.15) is 23.2 Å². The van der Waals surface area contributed by atoms with Crippen molar-refractivity contribution in [1.29, 1.82) is 0 Å². The lowest BCUT2D eigenvalue weighted by molar-refractivity contribution is -0.00000766. The lowest BCUT2D eigenvalue weighted by Crippen LogP contribution is -3.00. The van der Waals surface area contributed by atoms with Crippen LogP contribution >= 0.6 is 7.26 Å².